The molecule has 2 aromatic heterocycles. The number of ether oxygens (including phenoxy) is 1. The topological polar surface area (TPSA) is 134 Å². The Hall–Kier alpha value is -2.72. The Morgan fingerprint density at radius 1 is 1.33 bits per heavy atom. The van der Waals surface area contributed by atoms with Gasteiger partial charge in [0, 0.05) is 24.4 Å². The van der Waals surface area contributed by atoms with Crippen LogP contribution in [0.3, 0.4) is 0 Å². The van der Waals surface area contributed by atoms with Crippen LogP contribution in [0.25, 0.3) is 22.4 Å². The van der Waals surface area contributed by atoms with Crippen LogP contribution >= 0.6 is 0 Å². The number of aromatic amines is 1. The van der Waals surface area contributed by atoms with Crippen molar-refractivity contribution in [3.8, 4) is 11.4 Å². The molecule has 9 nitrogen and oxygen atoms in total. The fourth-order valence-corrected chi connectivity index (χ4v) is 5.58. The van der Waals surface area contributed by atoms with Crippen LogP contribution in [0.1, 0.15) is 25.5 Å². The highest BCUT2D eigenvalue weighted by molar-refractivity contribution is 7.92. The van der Waals surface area contributed by atoms with Gasteiger partial charge in [0.2, 0.25) is 0 Å². The summed E-state index contributed by atoms with van der Waals surface area (Å²) in [6, 6.07) is 7.79. The molecule has 1 saturated carbocycles. The Morgan fingerprint density at radius 3 is 2.83 bits per heavy atom. The molecule has 0 amide bonds. The van der Waals surface area contributed by atoms with Crippen LogP contribution in [-0.2, 0) is 19.2 Å². The number of imidazole rings is 1. The van der Waals surface area contributed by atoms with Crippen LogP contribution in [0.2, 0.25) is 0 Å². The van der Waals surface area contributed by atoms with E-state index in [1.165, 1.54) is 6.26 Å². The molecule has 1 saturated heterocycles. The third kappa shape index (κ3) is 3.02. The number of benzene rings is 1. The standard InChI is InChI=1S/C20H25N7O2S/c1-12-11-29-9-8-27(12)16-10-15(20(6-7-20)30(2,22)28)24-18(25-16)13-4-3-5-14-17(13)26-19(21)23-14/h3-5,10,12,22H,6-9,11H2,1-2H3,(H3,21,23,26)/t12-,30-/m1/s1. The molecule has 1 aromatic carbocycles. The quantitative estimate of drug-likeness (QED) is 0.582. The highest BCUT2D eigenvalue weighted by Gasteiger charge is 2.53. The SMILES string of the molecule is C[C@@H]1COCCN1c1cc(C2([S@](C)(=N)=O)CC2)nc(-c2cccc3[nH]c(N)nc23)n1. The van der Waals surface area contributed by atoms with Crippen molar-refractivity contribution in [2.45, 2.75) is 30.6 Å². The number of para-hydroxylation sites is 1. The van der Waals surface area contributed by atoms with Gasteiger partial charge < -0.3 is 20.4 Å². The Kier molecular flexibility index (Phi) is 4.26. The van der Waals surface area contributed by atoms with E-state index >= 15 is 0 Å². The van der Waals surface area contributed by atoms with Crippen molar-refractivity contribution in [2.24, 2.45) is 0 Å². The molecule has 1 aliphatic carbocycles. The maximum absolute atomic E-state index is 12.8. The molecule has 2 fully saturated rings. The van der Waals surface area contributed by atoms with Crippen molar-refractivity contribution in [1.82, 2.24) is 19.9 Å². The maximum atomic E-state index is 12.8. The molecule has 0 bridgehead atoms. The molecule has 3 heterocycles. The predicted molar refractivity (Wildman–Crippen MR) is 117 cm³/mol. The van der Waals surface area contributed by atoms with Gasteiger partial charge in [0.25, 0.3) is 0 Å². The number of aromatic nitrogens is 4. The van der Waals surface area contributed by atoms with Crippen molar-refractivity contribution in [3.63, 3.8) is 0 Å². The molecule has 1 aliphatic heterocycles. The molecular formula is C20H25N7O2S. The van der Waals surface area contributed by atoms with E-state index in [1.54, 1.807) is 0 Å². The number of nitrogens with two attached hydrogens (primary N) is 1. The molecular weight excluding hydrogens is 402 g/mol. The first-order valence-electron chi connectivity index (χ1n) is 10.0. The van der Waals surface area contributed by atoms with Crippen molar-refractivity contribution < 1.29 is 8.95 Å². The highest BCUT2D eigenvalue weighted by atomic mass is 32.2. The number of anilines is 2. The molecule has 2 aliphatic rings. The number of hydrogen-bond donors (Lipinski definition) is 3. The average Bonchev–Trinajstić information content (AvgIpc) is 3.44. The van der Waals surface area contributed by atoms with Gasteiger partial charge in [-0.25, -0.2) is 19.2 Å². The first-order chi connectivity index (χ1) is 14.3. The normalized spacial score (nSPS) is 22.7. The van der Waals surface area contributed by atoms with Gasteiger partial charge in [-0.05, 0) is 31.9 Å². The minimum absolute atomic E-state index is 0.156. The number of morpholine rings is 1. The van der Waals surface area contributed by atoms with Gasteiger partial charge in [-0.3, -0.25) is 4.78 Å². The Bertz CT molecular complexity index is 1230. The van der Waals surface area contributed by atoms with Crippen molar-refractivity contribution in [3.05, 3.63) is 30.0 Å². The summed E-state index contributed by atoms with van der Waals surface area (Å²) in [5.74, 6) is 1.60. The van der Waals surface area contributed by atoms with Crippen molar-refractivity contribution in [1.29, 1.82) is 4.78 Å². The number of rotatable bonds is 4. The van der Waals surface area contributed by atoms with Crippen molar-refractivity contribution >= 4 is 32.5 Å². The number of nitrogen functional groups attached to an aromatic ring is 1. The third-order valence-corrected chi connectivity index (χ3v) is 8.17. The highest BCUT2D eigenvalue weighted by Crippen LogP contribution is 2.52. The van der Waals surface area contributed by atoms with Gasteiger partial charge in [-0.1, -0.05) is 6.07 Å². The van der Waals surface area contributed by atoms with Gasteiger partial charge in [0.1, 0.15) is 11.3 Å². The first kappa shape index (κ1) is 19.3. The van der Waals surface area contributed by atoms with Crippen LogP contribution in [-0.4, -0.2) is 56.2 Å². The second kappa shape index (κ2) is 6.64. The fourth-order valence-electron chi connectivity index (χ4n) is 4.19. The molecule has 158 valence electrons. The lowest BCUT2D eigenvalue weighted by atomic mass is 10.1. The van der Waals surface area contributed by atoms with E-state index in [9.17, 15) is 4.21 Å². The number of hydrogen-bond acceptors (Lipinski definition) is 8. The van der Waals surface area contributed by atoms with E-state index in [-0.39, 0.29) is 6.04 Å². The third-order valence-electron chi connectivity index (χ3n) is 6.06. The first-order valence-corrected chi connectivity index (χ1v) is 12.0. The summed E-state index contributed by atoms with van der Waals surface area (Å²) in [5, 5.41) is 0. The summed E-state index contributed by atoms with van der Waals surface area (Å²) in [6.07, 6.45) is 2.90. The van der Waals surface area contributed by atoms with Crippen LogP contribution in [0.4, 0.5) is 11.8 Å². The monoisotopic (exact) mass is 427 g/mol. The van der Waals surface area contributed by atoms with E-state index in [0.717, 1.165) is 16.9 Å². The van der Waals surface area contributed by atoms with Crippen LogP contribution in [0.15, 0.2) is 24.3 Å². The van der Waals surface area contributed by atoms with Gasteiger partial charge in [0.05, 0.1) is 44.9 Å². The molecule has 2 atom stereocenters. The molecule has 10 heteroatoms. The number of nitrogens with zero attached hydrogens (tertiary/aromatic N) is 4. The summed E-state index contributed by atoms with van der Waals surface area (Å²) in [7, 11) is -2.82. The van der Waals surface area contributed by atoms with E-state index in [2.05, 4.69) is 21.8 Å². The van der Waals surface area contributed by atoms with E-state index in [1.807, 2.05) is 24.3 Å². The zero-order valence-corrected chi connectivity index (χ0v) is 17.8. The Morgan fingerprint density at radius 2 is 2.13 bits per heavy atom. The molecule has 0 spiro atoms. The zero-order chi connectivity index (χ0) is 21.1. The zero-order valence-electron chi connectivity index (χ0n) is 17.0. The lowest BCUT2D eigenvalue weighted by Crippen LogP contribution is -2.44. The van der Waals surface area contributed by atoms with Crippen LogP contribution < -0.4 is 10.6 Å². The number of fused-ring (bicyclic) bond motifs is 1. The van der Waals surface area contributed by atoms with Gasteiger partial charge in [0.15, 0.2) is 11.8 Å². The van der Waals surface area contributed by atoms with Crippen LogP contribution in [0.5, 0.6) is 0 Å². The average molecular weight is 428 g/mol. The minimum atomic E-state index is -2.82. The fraction of sp³-hybridized carbons (Fsp3) is 0.450. The molecule has 30 heavy (non-hydrogen) atoms. The Labute approximate surface area is 175 Å². The summed E-state index contributed by atoms with van der Waals surface area (Å²) in [5.41, 5.74) is 8.81. The second-order valence-electron chi connectivity index (χ2n) is 8.21. The van der Waals surface area contributed by atoms with Crippen LogP contribution in [0, 0.1) is 4.78 Å². The van der Waals surface area contributed by atoms with Crippen molar-refractivity contribution in [2.75, 3.05) is 36.6 Å². The Balaban J connectivity index is 1.72. The van der Waals surface area contributed by atoms with E-state index < -0.39 is 14.5 Å². The summed E-state index contributed by atoms with van der Waals surface area (Å²) in [4.78, 5) is 19.3. The van der Waals surface area contributed by atoms with Gasteiger partial charge in [-0.15, -0.1) is 0 Å². The minimum Gasteiger partial charge on any atom is -0.377 e. The van der Waals surface area contributed by atoms with Gasteiger partial charge >= 0.3 is 0 Å². The van der Waals surface area contributed by atoms with E-state index in [4.69, 9.17) is 25.2 Å². The predicted octanol–water partition coefficient (Wildman–Crippen LogP) is 2.49. The molecule has 0 unspecified atom stereocenters. The molecule has 0 radical (unpaired) electrons. The van der Waals surface area contributed by atoms with E-state index in [0.29, 0.717) is 55.6 Å². The molecule has 3 aromatic rings. The number of H-pyrrole nitrogens is 1. The molecule has 4 N–H and O–H groups in total. The summed E-state index contributed by atoms with van der Waals surface area (Å²) in [6.45, 7) is 4.05. The number of nitrogens with one attached hydrogen (secondary N) is 2. The molecule has 5 rings (SSSR count). The largest absolute Gasteiger partial charge is 0.377 e. The second-order valence-corrected chi connectivity index (χ2v) is 10.7. The lowest BCUT2D eigenvalue weighted by molar-refractivity contribution is 0.0985. The smallest absolute Gasteiger partial charge is 0.198 e. The summed E-state index contributed by atoms with van der Waals surface area (Å²) < 4.78 is 26.0. The summed E-state index contributed by atoms with van der Waals surface area (Å²) >= 11 is 0. The lowest BCUT2D eigenvalue weighted by Gasteiger charge is -2.34. The maximum Gasteiger partial charge on any atom is 0.198 e. The van der Waals surface area contributed by atoms with Gasteiger partial charge in [-0.2, -0.15) is 0 Å².